The van der Waals surface area contributed by atoms with Crippen LogP contribution in [0.4, 0.5) is 0 Å². The molecule has 0 aliphatic heterocycles. The number of carboxylic acids is 1. The summed E-state index contributed by atoms with van der Waals surface area (Å²) in [4.78, 5) is 14.1. The lowest BCUT2D eigenvalue weighted by atomic mass is 9.72. The van der Waals surface area contributed by atoms with Crippen LogP contribution in [-0.4, -0.2) is 30.3 Å². The Kier molecular flexibility index (Phi) is 3.55. The maximum atomic E-state index is 11.1. The van der Waals surface area contributed by atoms with Gasteiger partial charge >= 0.3 is 5.97 Å². The number of carboxylic acid groups (broad SMARTS) is 1. The minimum Gasteiger partial charge on any atom is -0.481 e. The lowest BCUT2D eigenvalue weighted by Gasteiger charge is -2.37. The summed E-state index contributed by atoms with van der Waals surface area (Å²) >= 11 is 0. The molecule has 0 unspecified atom stereocenters. The van der Waals surface area contributed by atoms with Crippen LogP contribution in [0.1, 0.15) is 26.2 Å². The summed E-state index contributed by atoms with van der Waals surface area (Å²) in [7, 11) is 1.51. The Balaban J connectivity index is 2.81. The van der Waals surface area contributed by atoms with Crippen molar-refractivity contribution in [2.75, 3.05) is 7.11 Å². The second-order valence-electron chi connectivity index (χ2n) is 4.09. The van der Waals surface area contributed by atoms with Crippen molar-refractivity contribution in [1.82, 2.24) is 4.91 Å². The first-order chi connectivity index (χ1) is 7.04. The lowest BCUT2D eigenvalue weighted by Crippen LogP contribution is -2.46. The van der Waals surface area contributed by atoms with E-state index in [0.29, 0.717) is 19.3 Å². The zero-order valence-electron chi connectivity index (χ0n) is 8.93. The third-order valence-corrected chi connectivity index (χ3v) is 3.19. The van der Waals surface area contributed by atoms with Crippen LogP contribution in [0.15, 0.2) is 5.11 Å². The van der Waals surface area contributed by atoms with Crippen molar-refractivity contribution in [3.05, 3.63) is 0 Å². The molecule has 1 saturated carbocycles. The molecule has 0 heterocycles. The molecule has 0 aromatic carbocycles. The molecule has 6 nitrogen and oxygen atoms in total. The highest BCUT2D eigenvalue weighted by Gasteiger charge is 2.47. The summed E-state index contributed by atoms with van der Waals surface area (Å²) in [6, 6.07) is -0.0834. The van der Waals surface area contributed by atoms with Crippen LogP contribution >= 0.6 is 0 Å². The van der Waals surface area contributed by atoms with Crippen LogP contribution in [0.3, 0.4) is 0 Å². The molecule has 0 radical (unpaired) electrons. The number of ether oxygens (including phenoxy) is 1. The van der Waals surface area contributed by atoms with Crippen molar-refractivity contribution < 1.29 is 14.6 Å². The molecule has 1 aliphatic rings. The lowest BCUT2D eigenvalue weighted by molar-refractivity contribution is -0.160. The molecule has 0 aromatic rings. The van der Waals surface area contributed by atoms with E-state index in [0.717, 1.165) is 0 Å². The fraction of sp³-hybridized carbons (Fsp3) is 0.889. The van der Waals surface area contributed by atoms with Gasteiger partial charge in [-0.25, -0.2) is 0 Å². The third kappa shape index (κ3) is 2.22. The molecule has 84 valence electrons. The number of methoxy groups -OCH3 is 1. The van der Waals surface area contributed by atoms with E-state index in [9.17, 15) is 4.79 Å². The molecule has 3 atom stereocenters. The second-order valence-corrected chi connectivity index (χ2v) is 4.09. The fourth-order valence-electron chi connectivity index (χ4n) is 2.04. The van der Waals surface area contributed by atoms with Gasteiger partial charge in [0.25, 0.3) is 0 Å². The zero-order valence-corrected chi connectivity index (χ0v) is 8.93. The Bertz CT molecular complexity index is 301. The Hall–Kier alpha value is -1.26. The summed E-state index contributed by atoms with van der Waals surface area (Å²) in [5.74, 6) is -0.837. The highest BCUT2D eigenvalue weighted by Crippen LogP contribution is 2.39. The van der Waals surface area contributed by atoms with Crippen LogP contribution in [0.5, 0.6) is 0 Å². The number of hydrogen-bond acceptors (Lipinski definition) is 4. The van der Waals surface area contributed by atoms with Gasteiger partial charge in [0.1, 0.15) is 16.7 Å². The molecular weight excluding hydrogens is 198 g/mol. The van der Waals surface area contributed by atoms with E-state index >= 15 is 0 Å². The summed E-state index contributed by atoms with van der Waals surface area (Å²) in [6.07, 6.45) is 1.30. The summed E-state index contributed by atoms with van der Waals surface area (Å²) < 4.78 is 5.20. The molecule has 1 fully saturated rings. The van der Waals surface area contributed by atoms with Gasteiger partial charge in [-0.2, -0.15) is 0 Å². The third-order valence-electron chi connectivity index (χ3n) is 3.19. The van der Waals surface area contributed by atoms with Gasteiger partial charge in [-0.05, 0) is 19.8 Å². The minimum atomic E-state index is -0.844. The van der Waals surface area contributed by atoms with Crippen molar-refractivity contribution in [3.8, 4) is 0 Å². The molecule has 15 heavy (non-hydrogen) atoms. The van der Waals surface area contributed by atoms with Crippen molar-refractivity contribution >= 4 is 5.97 Å². The van der Waals surface area contributed by atoms with Crippen molar-refractivity contribution in [1.29, 1.82) is 5.53 Å². The predicted octanol–water partition coefficient (Wildman–Crippen LogP) is 1.20. The van der Waals surface area contributed by atoms with Crippen LogP contribution in [0.2, 0.25) is 0 Å². The smallest absolute Gasteiger partial charge is 0.312 e. The van der Waals surface area contributed by atoms with E-state index in [1.807, 2.05) is 0 Å². The SMILES string of the molecule is CO[C@@H]1C[C@H](N=[N+]=N)CC[C@@]1(C)C(=O)O. The topological polar surface area (TPSA) is 96.8 Å². The maximum absolute atomic E-state index is 11.1. The summed E-state index contributed by atoms with van der Waals surface area (Å²) in [5, 5.41) is 12.9. The number of aliphatic carboxylic acids is 1. The Labute approximate surface area is 87.9 Å². The van der Waals surface area contributed by atoms with Crippen LogP contribution < -0.4 is 4.91 Å². The van der Waals surface area contributed by atoms with Gasteiger partial charge < -0.3 is 9.84 Å². The van der Waals surface area contributed by atoms with Crippen LogP contribution in [0.25, 0.3) is 0 Å². The van der Waals surface area contributed by atoms with E-state index in [1.165, 1.54) is 7.11 Å². The Morgan fingerprint density at radius 3 is 2.87 bits per heavy atom. The minimum absolute atomic E-state index is 0.0834. The van der Waals surface area contributed by atoms with E-state index in [-0.39, 0.29) is 12.1 Å². The zero-order chi connectivity index (χ0) is 11.5. The average molecular weight is 214 g/mol. The summed E-state index contributed by atoms with van der Waals surface area (Å²) in [5.41, 5.74) is 5.80. The Morgan fingerprint density at radius 2 is 2.40 bits per heavy atom. The van der Waals surface area contributed by atoms with Crippen LogP contribution in [-0.2, 0) is 9.53 Å². The second kappa shape index (κ2) is 4.51. The predicted molar refractivity (Wildman–Crippen MR) is 51.5 cm³/mol. The quantitative estimate of drug-likeness (QED) is 0.545. The molecule has 2 N–H and O–H groups in total. The van der Waals surface area contributed by atoms with E-state index in [2.05, 4.69) is 10.0 Å². The van der Waals surface area contributed by atoms with E-state index in [1.54, 1.807) is 6.92 Å². The van der Waals surface area contributed by atoms with Crippen molar-refractivity contribution in [3.63, 3.8) is 0 Å². The molecular formula is C9H16N3O3+. The van der Waals surface area contributed by atoms with Gasteiger partial charge in [0.05, 0.1) is 11.5 Å². The highest BCUT2D eigenvalue weighted by atomic mass is 16.5. The van der Waals surface area contributed by atoms with E-state index in [4.69, 9.17) is 15.4 Å². The normalized spacial score (nSPS) is 35.6. The summed E-state index contributed by atoms with van der Waals surface area (Å²) in [6.45, 7) is 1.69. The van der Waals surface area contributed by atoms with E-state index < -0.39 is 11.4 Å². The van der Waals surface area contributed by atoms with Gasteiger partial charge in [-0.1, -0.05) is 0 Å². The maximum Gasteiger partial charge on any atom is 0.312 e. The number of rotatable bonds is 3. The van der Waals surface area contributed by atoms with Crippen molar-refractivity contribution in [2.24, 2.45) is 10.5 Å². The number of carbonyl (C=O) groups is 1. The monoisotopic (exact) mass is 214 g/mol. The molecule has 1 aliphatic carbocycles. The first-order valence-electron chi connectivity index (χ1n) is 4.87. The standard InChI is InChI=1S/C9H15N3O3/c1-9(8(13)14)4-3-6(11-12-10)5-7(9)15-2/h6-7,10H,3-5H2,1-2H3/p+1/t6-,7-,9-/m1/s1. The molecule has 0 amide bonds. The largest absolute Gasteiger partial charge is 0.481 e. The van der Waals surface area contributed by atoms with Gasteiger partial charge in [0, 0.05) is 13.5 Å². The average Bonchev–Trinajstić information content (AvgIpc) is 2.21. The van der Waals surface area contributed by atoms with Gasteiger partial charge in [0.2, 0.25) is 4.91 Å². The molecule has 1 rings (SSSR count). The number of hydrogen-bond donors (Lipinski definition) is 2. The molecule has 0 spiro atoms. The number of nitrogens with zero attached hydrogens (tertiary/aromatic N) is 2. The Morgan fingerprint density at radius 1 is 1.73 bits per heavy atom. The highest BCUT2D eigenvalue weighted by molar-refractivity contribution is 5.75. The van der Waals surface area contributed by atoms with Gasteiger partial charge in [-0.3, -0.25) is 4.79 Å². The first-order valence-corrected chi connectivity index (χ1v) is 4.87. The molecule has 0 aromatic heterocycles. The number of nitrogens with one attached hydrogen (secondary N) is 1. The molecule has 0 bridgehead atoms. The molecule has 6 heteroatoms. The van der Waals surface area contributed by atoms with Gasteiger partial charge in [-0.15, -0.1) is 0 Å². The van der Waals surface area contributed by atoms with Gasteiger partial charge in [0.15, 0.2) is 0 Å². The fourth-order valence-corrected chi connectivity index (χ4v) is 2.04. The van der Waals surface area contributed by atoms with Crippen LogP contribution in [0, 0.1) is 10.9 Å². The van der Waals surface area contributed by atoms with Crippen molar-refractivity contribution in [2.45, 2.75) is 38.3 Å². The first kappa shape index (κ1) is 11.8. The molecule has 0 saturated heterocycles.